The predicted molar refractivity (Wildman–Crippen MR) is 103 cm³/mol. The minimum atomic E-state index is -0.0408. The maximum absolute atomic E-state index is 12.8. The average Bonchev–Trinajstić information content (AvgIpc) is 2.72. The van der Waals surface area contributed by atoms with Crippen molar-refractivity contribution in [3.8, 4) is 5.75 Å². The number of benzene rings is 1. The van der Waals surface area contributed by atoms with Crippen LogP contribution in [0.2, 0.25) is 0 Å². The van der Waals surface area contributed by atoms with Gasteiger partial charge in [-0.05, 0) is 18.2 Å². The van der Waals surface area contributed by atoms with Crippen molar-refractivity contribution in [3.05, 3.63) is 53.7 Å². The third-order valence-electron chi connectivity index (χ3n) is 4.67. The molecule has 3 rings (SSSR count). The molecule has 2 heterocycles. The first-order valence-electron chi connectivity index (χ1n) is 8.95. The number of hydrogen-bond acceptors (Lipinski definition) is 5. The number of aromatic nitrogens is 1. The van der Waals surface area contributed by atoms with Crippen LogP contribution < -0.4 is 10.1 Å². The Labute approximate surface area is 158 Å². The van der Waals surface area contributed by atoms with Gasteiger partial charge in [0.25, 0.3) is 5.91 Å². The monoisotopic (exact) mass is 368 g/mol. The molecule has 1 fully saturated rings. The number of amides is 2. The molecule has 7 heteroatoms. The maximum Gasteiger partial charge on any atom is 0.254 e. The first-order chi connectivity index (χ1) is 13.1. The number of nitrogens with zero attached hydrogens (tertiary/aromatic N) is 3. The topological polar surface area (TPSA) is 74.8 Å². The van der Waals surface area contributed by atoms with E-state index in [0.29, 0.717) is 44.1 Å². The van der Waals surface area contributed by atoms with Crippen LogP contribution in [0.25, 0.3) is 0 Å². The molecule has 1 saturated heterocycles. The van der Waals surface area contributed by atoms with Crippen LogP contribution in [0, 0.1) is 0 Å². The van der Waals surface area contributed by atoms with Crippen LogP contribution in [-0.2, 0) is 11.3 Å². The molecule has 0 unspecified atom stereocenters. The number of methoxy groups -OCH3 is 1. The van der Waals surface area contributed by atoms with Crippen LogP contribution in [0.5, 0.6) is 5.75 Å². The zero-order chi connectivity index (χ0) is 19.2. The fourth-order valence-electron chi connectivity index (χ4n) is 3.10. The van der Waals surface area contributed by atoms with Gasteiger partial charge < -0.3 is 19.9 Å². The van der Waals surface area contributed by atoms with Gasteiger partial charge in [-0.15, -0.1) is 0 Å². The number of para-hydroxylation sites is 1. The number of ether oxygens (including phenoxy) is 1. The molecule has 1 N–H and O–H groups in total. The zero-order valence-corrected chi connectivity index (χ0v) is 15.6. The highest BCUT2D eigenvalue weighted by Crippen LogP contribution is 2.19. The predicted octanol–water partition coefficient (Wildman–Crippen LogP) is 2.01. The molecule has 0 aliphatic carbocycles. The standard InChI is InChI=1S/C20H24N4O3/c1-15(25)23-9-11-24(12-10-23)20(26)16-7-8-21-19(13-16)22-14-17-5-3-4-6-18(17)27-2/h3-8,13H,9-12,14H2,1-2H3,(H,21,22). The Morgan fingerprint density at radius 1 is 1.11 bits per heavy atom. The molecule has 27 heavy (non-hydrogen) atoms. The molecule has 1 aromatic heterocycles. The number of piperazine rings is 1. The molecule has 0 atom stereocenters. The van der Waals surface area contributed by atoms with Crippen molar-refractivity contribution in [2.45, 2.75) is 13.5 Å². The minimum absolute atomic E-state index is 0.0408. The zero-order valence-electron chi connectivity index (χ0n) is 15.6. The molecule has 0 bridgehead atoms. The largest absolute Gasteiger partial charge is 0.496 e. The van der Waals surface area contributed by atoms with Crippen LogP contribution in [0.15, 0.2) is 42.6 Å². The third-order valence-corrected chi connectivity index (χ3v) is 4.67. The highest BCUT2D eigenvalue weighted by Gasteiger charge is 2.23. The number of nitrogens with one attached hydrogen (secondary N) is 1. The Morgan fingerprint density at radius 3 is 2.52 bits per heavy atom. The van der Waals surface area contributed by atoms with Gasteiger partial charge in [-0.1, -0.05) is 18.2 Å². The number of hydrogen-bond donors (Lipinski definition) is 1. The summed E-state index contributed by atoms with van der Waals surface area (Å²) < 4.78 is 5.35. The Kier molecular flexibility index (Phi) is 5.90. The molecule has 0 saturated carbocycles. The van der Waals surface area contributed by atoms with Crippen molar-refractivity contribution >= 4 is 17.6 Å². The number of anilines is 1. The molecular formula is C20H24N4O3. The van der Waals surface area contributed by atoms with Gasteiger partial charge >= 0.3 is 0 Å². The summed E-state index contributed by atoms with van der Waals surface area (Å²) in [4.78, 5) is 32.0. The molecule has 142 valence electrons. The van der Waals surface area contributed by atoms with Gasteiger partial charge in [0.2, 0.25) is 5.91 Å². The van der Waals surface area contributed by atoms with E-state index in [4.69, 9.17) is 4.74 Å². The van der Waals surface area contributed by atoms with Gasteiger partial charge in [0.05, 0.1) is 7.11 Å². The molecule has 2 amide bonds. The van der Waals surface area contributed by atoms with Gasteiger partial charge in [-0.25, -0.2) is 4.98 Å². The summed E-state index contributed by atoms with van der Waals surface area (Å²) in [6.07, 6.45) is 1.63. The van der Waals surface area contributed by atoms with Crippen molar-refractivity contribution in [1.82, 2.24) is 14.8 Å². The van der Waals surface area contributed by atoms with Gasteiger partial charge in [-0.3, -0.25) is 9.59 Å². The van der Waals surface area contributed by atoms with Crippen molar-refractivity contribution in [2.75, 3.05) is 38.6 Å². The van der Waals surface area contributed by atoms with E-state index in [9.17, 15) is 9.59 Å². The molecule has 7 nitrogen and oxygen atoms in total. The number of carbonyl (C=O) groups excluding carboxylic acids is 2. The smallest absolute Gasteiger partial charge is 0.254 e. The second-order valence-corrected chi connectivity index (χ2v) is 6.39. The summed E-state index contributed by atoms with van der Waals surface area (Å²) in [6.45, 7) is 4.34. The summed E-state index contributed by atoms with van der Waals surface area (Å²) in [5, 5.41) is 3.24. The summed E-state index contributed by atoms with van der Waals surface area (Å²) in [6, 6.07) is 11.2. The van der Waals surface area contributed by atoms with Crippen molar-refractivity contribution in [1.29, 1.82) is 0 Å². The lowest BCUT2D eigenvalue weighted by atomic mass is 10.2. The van der Waals surface area contributed by atoms with Crippen molar-refractivity contribution in [3.63, 3.8) is 0 Å². The van der Waals surface area contributed by atoms with Crippen LogP contribution in [0.1, 0.15) is 22.8 Å². The quantitative estimate of drug-likeness (QED) is 0.874. The van der Waals surface area contributed by atoms with Crippen LogP contribution in [0.4, 0.5) is 5.82 Å². The van der Waals surface area contributed by atoms with E-state index in [1.54, 1.807) is 42.2 Å². The third kappa shape index (κ3) is 4.55. The van der Waals surface area contributed by atoms with E-state index in [-0.39, 0.29) is 11.8 Å². The summed E-state index contributed by atoms with van der Waals surface area (Å²) in [5.41, 5.74) is 1.60. The fourth-order valence-corrected chi connectivity index (χ4v) is 3.10. The van der Waals surface area contributed by atoms with E-state index in [2.05, 4.69) is 10.3 Å². The average molecular weight is 368 g/mol. The van der Waals surface area contributed by atoms with E-state index in [1.165, 1.54) is 0 Å². The second kappa shape index (κ2) is 8.53. The summed E-state index contributed by atoms with van der Waals surface area (Å²) in [5.74, 6) is 1.45. The number of carbonyl (C=O) groups is 2. The molecule has 1 aliphatic rings. The fraction of sp³-hybridized carbons (Fsp3) is 0.350. The Hall–Kier alpha value is -3.09. The Bertz CT molecular complexity index is 816. The number of pyridine rings is 1. The Morgan fingerprint density at radius 2 is 1.81 bits per heavy atom. The van der Waals surface area contributed by atoms with Crippen molar-refractivity contribution < 1.29 is 14.3 Å². The first-order valence-corrected chi connectivity index (χ1v) is 8.95. The lowest BCUT2D eigenvalue weighted by molar-refractivity contribution is -0.130. The first kappa shape index (κ1) is 18.7. The van der Waals surface area contributed by atoms with Crippen LogP contribution >= 0.6 is 0 Å². The van der Waals surface area contributed by atoms with Crippen LogP contribution in [0.3, 0.4) is 0 Å². The van der Waals surface area contributed by atoms with Gasteiger partial charge in [-0.2, -0.15) is 0 Å². The normalized spacial score (nSPS) is 14.0. The molecule has 1 aliphatic heterocycles. The summed E-state index contributed by atoms with van der Waals surface area (Å²) in [7, 11) is 1.64. The van der Waals surface area contributed by atoms with Gasteiger partial charge in [0.1, 0.15) is 11.6 Å². The molecule has 0 spiro atoms. The minimum Gasteiger partial charge on any atom is -0.496 e. The van der Waals surface area contributed by atoms with Gasteiger partial charge in [0, 0.05) is 57.0 Å². The highest BCUT2D eigenvalue weighted by atomic mass is 16.5. The molecule has 0 radical (unpaired) electrons. The molecule has 2 aromatic rings. The SMILES string of the molecule is COc1ccccc1CNc1cc(C(=O)N2CCN(C(C)=O)CC2)ccn1. The lowest BCUT2D eigenvalue weighted by Gasteiger charge is -2.34. The number of rotatable bonds is 5. The molecular weight excluding hydrogens is 344 g/mol. The maximum atomic E-state index is 12.8. The van der Waals surface area contributed by atoms with Gasteiger partial charge in [0.15, 0.2) is 0 Å². The van der Waals surface area contributed by atoms with Crippen molar-refractivity contribution in [2.24, 2.45) is 0 Å². The van der Waals surface area contributed by atoms with E-state index in [1.807, 2.05) is 24.3 Å². The van der Waals surface area contributed by atoms with Crippen LogP contribution in [-0.4, -0.2) is 59.9 Å². The van der Waals surface area contributed by atoms with E-state index >= 15 is 0 Å². The molecule has 1 aromatic carbocycles. The second-order valence-electron chi connectivity index (χ2n) is 6.39. The Balaban J connectivity index is 1.63. The lowest BCUT2D eigenvalue weighted by Crippen LogP contribution is -2.50. The van der Waals surface area contributed by atoms with E-state index < -0.39 is 0 Å². The summed E-state index contributed by atoms with van der Waals surface area (Å²) >= 11 is 0. The van der Waals surface area contributed by atoms with E-state index in [0.717, 1.165) is 11.3 Å². The highest BCUT2D eigenvalue weighted by molar-refractivity contribution is 5.95.